The van der Waals surface area contributed by atoms with Gasteiger partial charge < -0.3 is 10.1 Å². The van der Waals surface area contributed by atoms with Crippen molar-refractivity contribution in [1.29, 1.82) is 0 Å². The molecular formula is C12H16FNO. The Morgan fingerprint density at radius 1 is 1.47 bits per heavy atom. The van der Waals surface area contributed by atoms with Crippen molar-refractivity contribution in [3.8, 4) is 0 Å². The molecule has 82 valence electrons. The van der Waals surface area contributed by atoms with E-state index in [2.05, 4.69) is 5.32 Å². The summed E-state index contributed by atoms with van der Waals surface area (Å²) in [5.74, 6) is -0.138. The summed E-state index contributed by atoms with van der Waals surface area (Å²) >= 11 is 0. The Kier molecular flexibility index (Phi) is 3.34. The van der Waals surface area contributed by atoms with Crippen LogP contribution in [0.4, 0.5) is 4.39 Å². The Bertz CT molecular complexity index is 340. The molecule has 1 aliphatic heterocycles. The molecule has 0 amide bonds. The number of rotatable bonds is 3. The largest absolute Gasteiger partial charge is 0.385 e. The number of nitrogens with one attached hydrogen (secondary N) is 1. The molecule has 0 saturated carbocycles. The van der Waals surface area contributed by atoms with E-state index in [1.54, 1.807) is 13.2 Å². The number of fused-ring (bicyclic) bond motifs is 1. The predicted molar refractivity (Wildman–Crippen MR) is 57.2 cm³/mol. The first-order valence-corrected chi connectivity index (χ1v) is 5.29. The fourth-order valence-corrected chi connectivity index (χ4v) is 2.01. The second kappa shape index (κ2) is 4.73. The zero-order valence-corrected chi connectivity index (χ0v) is 8.92. The average molecular weight is 209 g/mol. The number of hydrogen-bond acceptors (Lipinski definition) is 2. The van der Waals surface area contributed by atoms with Crippen LogP contribution in [-0.2, 0) is 17.7 Å². The molecule has 0 aromatic heterocycles. The van der Waals surface area contributed by atoms with Gasteiger partial charge in [-0.05, 0) is 36.1 Å². The van der Waals surface area contributed by atoms with Crippen molar-refractivity contribution < 1.29 is 9.13 Å². The van der Waals surface area contributed by atoms with Gasteiger partial charge in [0.15, 0.2) is 0 Å². The third-order valence-electron chi connectivity index (χ3n) is 2.89. The van der Waals surface area contributed by atoms with Gasteiger partial charge in [-0.3, -0.25) is 0 Å². The molecule has 1 unspecified atom stereocenters. The SMILES string of the molecule is COCCC1Cc2cc(F)ccc2CN1. The molecule has 0 radical (unpaired) electrons. The number of halogens is 1. The van der Waals surface area contributed by atoms with Crippen LogP contribution in [0.3, 0.4) is 0 Å². The van der Waals surface area contributed by atoms with Crippen LogP contribution in [0.5, 0.6) is 0 Å². The van der Waals surface area contributed by atoms with Gasteiger partial charge in [-0.15, -0.1) is 0 Å². The number of ether oxygens (including phenoxy) is 1. The molecule has 0 saturated heterocycles. The molecule has 0 aliphatic carbocycles. The minimum Gasteiger partial charge on any atom is -0.385 e. The second-order valence-electron chi connectivity index (χ2n) is 3.98. The summed E-state index contributed by atoms with van der Waals surface area (Å²) in [5.41, 5.74) is 2.35. The van der Waals surface area contributed by atoms with Crippen molar-refractivity contribution in [1.82, 2.24) is 5.32 Å². The number of methoxy groups -OCH3 is 1. The highest BCUT2D eigenvalue weighted by atomic mass is 19.1. The Morgan fingerprint density at radius 2 is 2.33 bits per heavy atom. The third kappa shape index (κ3) is 2.55. The van der Waals surface area contributed by atoms with E-state index < -0.39 is 0 Å². The van der Waals surface area contributed by atoms with E-state index in [1.165, 1.54) is 11.6 Å². The maximum atomic E-state index is 13.0. The van der Waals surface area contributed by atoms with Gasteiger partial charge in [-0.2, -0.15) is 0 Å². The second-order valence-corrected chi connectivity index (χ2v) is 3.98. The van der Waals surface area contributed by atoms with Crippen LogP contribution >= 0.6 is 0 Å². The lowest BCUT2D eigenvalue weighted by Gasteiger charge is -2.25. The van der Waals surface area contributed by atoms with Crippen molar-refractivity contribution >= 4 is 0 Å². The highest BCUT2D eigenvalue weighted by molar-refractivity contribution is 5.30. The molecule has 0 bridgehead atoms. The topological polar surface area (TPSA) is 21.3 Å². The zero-order chi connectivity index (χ0) is 10.7. The minimum atomic E-state index is -0.138. The lowest BCUT2D eigenvalue weighted by Crippen LogP contribution is -2.36. The minimum absolute atomic E-state index is 0.138. The van der Waals surface area contributed by atoms with E-state index in [0.717, 1.165) is 31.6 Å². The first kappa shape index (κ1) is 10.6. The van der Waals surface area contributed by atoms with Crippen molar-refractivity contribution in [2.45, 2.75) is 25.4 Å². The fraction of sp³-hybridized carbons (Fsp3) is 0.500. The van der Waals surface area contributed by atoms with Crippen LogP contribution < -0.4 is 5.32 Å². The lowest BCUT2D eigenvalue weighted by molar-refractivity contribution is 0.181. The summed E-state index contributed by atoms with van der Waals surface area (Å²) in [4.78, 5) is 0. The molecule has 1 aromatic carbocycles. The first-order chi connectivity index (χ1) is 7.29. The van der Waals surface area contributed by atoms with Crippen molar-refractivity contribution in [3.05, 3.63) is 35.1 Å². The van der Waals surface area contributed by atoms with E-state index in [1.807, 2.05) is 6.07 Å². The summed E-state index contributed by atoms with van der Waals surface area (Å²) in [5, 5.41) is 3.43. The van der Waals surface area contributed by atoms with Gasteiger partial charge in [-0.25, -0.2) is 4.39 Å². The first-order valence-electron chi connectivity index (χ1n) is 5.29. The van der Waals surface area contributed by atoms with Gasteiger partial charge in [0, 0.05) is 26.3 Å². The summed E-state index contributed by atoms with van der Waals surface area (Å²) in [6.45, 7) is 1.59. The molecule has 1 N–H and O–H groups in total. The van der Waals surface area contributed by atoms with E-state index in [-0.39, 0.29) is 5.82 Å². The highest BCUT2D eigenvalue weighted by Gasteiger charge is 2.17. The van der Waals surface area contributed by atoms with Crippen LogP contribution in [0.15, 0.2) is 18.2 Å². The molecule has 2 nitrogen and oxygen atoms in total. The van der Waals surface area contributed by atoms with Crippen molar-refractivity contribution in [2.75, 3.05) is 13.7 Å². The monoisotopic (exact) mass is 209 g/mol. The molecule has 1 atom stereocenters. The van der Waals surface area contributed by atoms with Gasteiger partial charge in [0.2, 0.25) is 0 Å². The fourth-order valence-electron chi connectivity index (χ4n) is 2.01. The van der Waals surface area contributed by atoms with Crippen LogP contribution in [0.1, 0.15) is 17.5 Å². The summed E-state index contributed by atoms with van der Waals surface area (Å²) in [6.07, 6.45) is 1.88. The van der Waals surface area contributed by atoms with Gasteiger partial charge in [0.1, 0.15) is 5.82 Å². The van der Waals surface area contributed by atoms with Gasteiger partial charge >= 0.3 is 0 Å². The Morgan fingerprint density at radius 3 is 3.13 bits per heavy atom. The highest BCUT2D eigenvalue weighted by Crippen LogP contribution is 2.19. The molecule has 1 aromatic rings. The Labute approximate surface area is 89.4 Å². The molecule has 15 heavy (non-hydrogen) atoms. The van der Waals surface area contributed by atoms with Gasteiger partial charge in [0.05, 0.1) is 0 Å². The van der Waals surface area contributed by atoms with Crippen LogP contribution in [0, 0.1) is 5.82 Å². The van der Waals surface area contributed by atoms with Crippen molar-refractivity contribution in [3.63, 3.8) is 0 Å². The normalized spacial score (nSPS) is 20.0. The smallest absolute Gasteiger partial charge is 0.123 e. The standard InChI is InChI=1S/C12H16FNO/c1-15-5-4-12-7-10-6-11(13)3-2-9(10)8-14-12/h2-3,6,12,14H,4-5,7-8H2,1H3. The molecule has 0 fully saturated rings. The van der Waals surface area contributed by atoms with E-state index >= 15 is 0 Å². The molecule has 0 spiro atoms. The van der Waals surface area contributed by atoms with Crippen LogP contribution in [-0.4, -0.2) is 19.8 Å². The lowest BCUT2D eigenvalue weighted by atomic mass is 9.94. The molecule has 1 aliphatic rings. The van der Waals surface area contributed by atoms with Gasteiger partial charge in [-0.1, -0.05) is 6.07 Å². The Balaban J connectivity index is 2.05. The third-order valence-corrected chi connectivity index (χ3v) is 2.89. The summed E-state index contributed by atoms with van der Waals surface area (Å²) < 4.78 is 18.1. The maximum Gasteiger partial charge on any atom is 0.123 e. The quantitative estimate of drug-likeness (QED) is 0.820. The predicted octanol–water partition coefficient (Wildman–Crippen LogP) is 1.88. The number of benzene rings is 1. The van der Waals surface area contributed by atoms with E-state index in [9.17, 15) is 4.39 Å². The van der Waals surface area contributed by atoms with Gasteiger partial charge in [0.25, 0.3) is 0 Å². The van der Waals surface area contributed by atoms with E-state index in [0.29, 0.717) is 6.04 Å². The zero-order valence-electron chi connectivity index (χ0n) is 8.92. The molecular weight excluding hydrogens is 193 g/mol. The summed E-state index contributed by atoms with van der Waals surface area (Å²) in [6, 6.07) is 5.45. The maximum absolute atomic E-state index is 13.0. The molecule has 3 heteroatoms. The van der Waals surface area contributed by atoms with Crippen LogP contribution in [0.25, 0.3) is 0 Å². The summed E-state index contributed by atoms with van der Waals surface area (Å²) in [7, 11) is 1.70. The van der Waals surface area contributed by atoms with E-state index in [4.69, 9.17) is 4.74 Å². The number of hydrogen-bond donors (Lipinski definition) is 1. The molecule has 2 rings (SSSR count). The van der Waals surface area contributed by atoms with Crippen LogP contribution in [0.2, 0.25) is 0 Å². The average Bonchev–Trinajstić information content (AvgIpc) is 2.25. The molecule has 1 heterocycles. The van der Waals surface area contributed by atoms with Crippen molar-refractivity contribution in [2.24, 2.45) is 0 Å². The Hall–Kier alpha value is -0.930.